The lowest BCUT2D eigenvalue weighted by Crippen LogP contribution is -2.34. The van der Waals surface area contributed by atoms with Gasteiger partial charge in [-0.15, -0.1) is 11.6 Å². The number of rotatable bonds is 4. The number of alkyl halides is 4. The van der Waals surface area contributed by atoms with E-state index >= 15 is 0 Å². The van der Waals surface area contributed by atoms with Gasteiger partial charge in [0.05, 0.1) is 22.2 Å². The summed E-state index contributed by atoms with van der Waals surface area (Å²) in [5.74, 6) is 0.0866. The zero-order valence-electron chi connectivity index (χ0n) is 16.8. The van der Waals surface area contributed by atoms with Crippen LogP contribution in [0.4, 0.5) is 23.7 Å². The fraction of sp³-hybridized carbons (Fsp3) is 0.150. The van der Waals surface area contributed by atoms with Gasteiger partial charge < -0.3 is 5.32 Å². The minimum absolute atomic E-state index is 0.0551. The quantitative estimate of drug-likeness (QED) is 0.484. The number of hydrogen-bond acceptors (Lipinski definition) is 6. The predicted molar refractivity (Wildman–Crippen MR) is 123 cm³/mol. The third kappa shape index (κ3) is 5.05. The minimum Gasteiger partial charge on any atom is -0.306 e. The molecular weight excluding hydrogens is 517 g/mol. The van der Waals surface area contributed by atoms with E-state index in [9.17, 15) is 31.2 Å². The van der Waals surface area contributed by atoms with Crippen LogP contribution in [0.1, 0.15) is 12.0 Å². The van der Waals surface area contributed by atoms with Crippen LogP contribution in [0, 0.1) is 0 Å². The molecular formula is C20H14ClF3N4O4S2. The molecule has 0 bridgehead atoms. The molecule has 1 aliphatic rings. The summed E-state index contributed by atoms with van der Waals surface area (Å²) in [5.41, 5.74) is -1.54. The first kappa shape index (κ1) is 24.1. The molecule has 4 rings (SSSR count). The van der Waals surface area contributed by atoms with E-state index in [1.807, 2.05) is 4.72 Å². The molecule has 2 N–H and O–H groups in total. The number of fused-ring (bicyclic) bond motifs is 1. The van der Waals surface area contributed by atoms with Crippen molar-refractivity contribution in [3.8, 4) is 5.82 Å². The summed E-state index contributed by atoms with van der Waals surface area (Å²) in [7, 11) is -4.07. The number of aromatic nitrogens is 2. The van der Waals surface area contributed by atoms with E-state index in [0.717, 1.165) is 28.5 Å². The summed E-state index contributed by atoms with van der Waals surface area (Å²) < 4.78 is 65.9. The van der Waals surface area contributed by atoms with Crippen molar-refractivity contribution in [2.45, 2.75) is 17.3 Å². The number of carbonyl (C=O) groups excluding carboxylic acids is 1. The highest BCUT2D eigenvalue weighted by Gasteiger charge is 2.31. The number of nitrogens with zero attached hydrogens (tertiary/aromatic N) is 2. The number of nitrogens with one attached hydrogen (secondary N) is 2. The summed E-state index contributed by atoms with van der Waals surface area (Å²) >= 11 is 6.76. The Kier molecular flexibility index (Phi) is 6.36. The Morgan fingerprint density at radius 1 is 1.21 bits per heavy atom. The van der Waals surface area contributed by atoms with Gasteiger partial charge in [0.2, 0.25) is 0 Å². The molecule has 0 spiro atoms. The van der Waals surface area contributed by atoms with Gasteiger partial charge in [0.1, 0.15) is 10.1 Å². The third-order valence-corrected chi connectivity index (χ3v) is 8.08. The molecule has 0 radical (unpaired) electrons. The number of carbonyl (C=O) groups is 1. The number of urea groups is 1. The Morgan fingerprint density at radius 2 is 1.97 bits per heavy atom. The van der Waals surface area contributed by atoms with Gasteiger partial charge in [0.25, 0.3) is 15.6 Å². The van der Waals surface area contributed by atoms with Crippen molar-refractivity contribution < 1.29 is 26.4 Å². The Hall–Kier alpha value is -3.03. The normalized spacial score (nSPS) is 16.4. The van der Waals surface area contributed by atoms with Crippen LogP contribution in [0.15, 0.2) is 63.9 Å². The highest BCUT2D eigenvalue weighted by Crippen LogP contribution is 2.37. The van der Waals surface area contributed by atoms with E-state index in [1.54, 1.807) is 0 Å². The highest BCUT2D eigenvalue weighted by molar-refractivity contribution is 8.19. The summed E-state index contributed by atoms with van der Waals surface area (Å²) in [6.45, 7) is 0. The molecule has 2 aromatic heterocycles. The molecule has 3 heterocycles. The number of halogens is 4. The number of pyridine rings is 2. The molecule has 34 heavy (non-hydrogen) atoms. The van der Waals surface area contributed by atoms with Gasteiger partial charge in [0, 0.05) is 11.6 Å². The van der Waals surface area contributed by atoms with Crippen LogP contribution in [0.2, 0.25) is 0 Å². The van der Waals surface area contributed by atoms with Crippen LogP contribution in [-0.4, -0.2) is 28.7 Å². The first-order valence-electron chi connectivity index (χ1n) is 9.48. The van der Waals surface area contributed by atoms with E-state index in [0.29, 0.717) is 11.8 Å². The molecule has 14 heteroatoms. The van der Waals surface area contributed by atoms with Crippen molar-refractivity contribution in [1.29, 1.82) is 0 Å². The van der Waals surface area contributed by atoms with Crippen LogP contribution in [-0.2, 0) is 16.2 Å². The topological polar surface area (TPSA) is 110 Å². The molecule has 178 valence electrons. The second-order valence-corrected chi connectivity index (χ2v) is 11.0. The third-order valence-electron chi connectivity index (χ3n) is 4.69. The molecule has 3 aromatic rings. The first-order valence-corrected chi connectivity index (χ1v) is 12.3. The zero-order chi connectivity index (χ0) is 24.7. The smallest absolute Gasteiger partial charge is 0.306 e. The zero-order valence-corrected chi connectivity index (χ0v) is 19.2. The minimum atomic E-state index is -4.60. The van der Waals surface area contributed by atoms with Crippen molar-refractivity contribution in [3.05, 3.63) is 75.0 Å². The van der Waals surface area contributed by atoms with Gasteiger partial charge in [-0.05, 0) is 42.1 Å². The average molecular weight is 531 g/mol. The van der Waals surface area contributed by atoms with Gasteiger partial charge >= 0.3 is 12.2 Å². The lowest BCUT2D eigenvalue weighted by Gasteiger charge is -2.11. The molecule has 0 saturated heterocycles. The number of hydrogen-bond donors (Lipinski definition) is 2. The predicted octanol–water partition coefficient (Wildman–Crippen LogP) is 4.40. The number of anilines is 1. The number of sulfonamides is 1. The Labute approximate surface area is 199 Å². The number of thioether (sulfide) groups is 1. The second-order valence-electron chi connectivity index (χ2n) is 7.04. The molecule has 1 aliphatic heterocycles. The van der Waals surface area contributed by atoms with Crippen LogP contribution in [0.25, 0.3) is 16.6 Å². The van der Waals surface area contributed by atoms with Gasteiger partial charge in [-0.2, -0.15) is 13.2 Å². The van der Waals surface area contributed by atoms with Crippen LogP contribution >= 0.6 is 23.4 Å². The SMILES string of the molecule is O=C(Nc1ccc(-n2ccc3ccc(C(F)(F)F)cc3c2=O)nc1)NS(=O)(=O)C1=CCC(Cl)S1. The Balaban J connectivity index is 1.53. The molecule has 0 saturated carbocycles. The van der Waals surface area contributed by atoms with Crippen LogP contribution in [0.5, 0.6) is 0 Å². The maximum absolute atomic E-state index is 13.0. The molecule has 0 aliphatic carbocycles. The molecule has 1 aromatic carbocycles. The van der Waals surface area contributed by atoms with E-state index in [4.69, 9.17) is 11.6 Å². The molecule has 1 atom stereocenters. The van der Waals surface area contributed by atoms with Crippen molar-refractivity contribution in [2.75, 3.05) is 5.32 Å². The first-order chi connectivity index (χ1) is 15.9. The Morgan fingerprint density at radius 3 is 2.59 bits per heavy atom. The summed E-state index contributed by atoms with van der Waals surface area (Å²) in [5, 5.41) is 2.51. The lowest BCUT2D eigenvalue weighted by atomic mass is 10.1. The maximum Gasteiger partial charge on any atom is 0.416 e. The number of amides is 2. The highest BCUT2D eigenvalue weighted by atomic mass is 35.5. The van der Waals surface area contributed by atoms with Gasteiger partial charge in [-0.1, -0.05) is 23.9 Å². The van der Waals surface area contributed by atoms with Crippen molar-refractivity contribution in [1.82, 2.24) is 14.3 Å². The molecule has 2 amide bonds. The molecule has 1 unspecified atom stereocenters. The number of allylic oxidation sites excluding steroid dienone is 1. The van der Waals surface area contributed by atoms with Gasteiger partial charge in [-0.25, -0.2) is 22.9 Å². The van der Waals surface area contributed by atoms with Crippen molar-refractivity contribution in [2.24, 2.45) is 0 Å². The summed E-state index contributed by atoms with van der Waals surface area (Å²) in [4.78, 5) is 28.9. The van der Waals surface area contributed by atoms with Crippen LogP contribution < -0.4 is 15.6 Å². The standard InChI is InChI=1S/C20H14ClF3N4O4S2/c21-15-4-6-17(33-15)34(31,32)27-19(30)26-13-3-5-16(25-10-13)28-8-7-11-1-2-12(20(22,23)24)9-14(11)18(28)29/h1-3,5-10,15H,4H2,(H2,26,27,30). The Bertz CT molecular complexity index is 1470. The monoisotopic (exact) mass is 530 g/mol. The molecule has 0 fully saturated rings. The van der Waals surface area contributed by atoms with E-state index < -0.39 is 38.1 Å². The van der Waals surface area contributed by atoms with E-state index in [1.165, 1.54) is 42.7 Å². The molecule has 8 nitrogen and oxygen atoms in total. The maximum atomic E-state index is 13.0. The van der Waals surface area contributed by atoms with E-state index in [-0.39, 0.29) is 21.1 Å². The largest absolute Gasteiger partial charge is 0.416 e. The lowest BCUT2D eigenvalue weighted by molar-refractivity contribution is -0.137. The van der Waals surface area contributed by atoms with Crippen molar-refractivity contribution in [3.63, 3.8) is 0 Å². The number of benzene rings is 1. The summed E-state index contributed by atoms with van der Waals surface area (Å²) in [6.07, 6.45) is -0.305. The fourth-order valence-corrected chi connectivity index (χ4v) is 5.98. The van der Waals surface area contributed by atoms with Gasteiger partial charge in [0.15, 0.2) is 0 Å². The van der Waals surface area contributed by atoms with Crippen LogP contribution in [0.3, 0.4) is 0 Å². The average Bonchev–Trinajstić information content (AvgIpc) is 3.21. The fourth-order valence-electron chi connectivity index (χ4n) is 3.11. The van der Waals surface area contributed by atoms with E-state index in [2.05, 4.69) is 10.3 Å². The second kappa shape index (κ2) is 8.96. The van der Waals surface area contributed by atoms with Gasteiger partial charge in [-0.3, -0.25) is 9.36 Å². The summed E-state index contributed by atoms with van der Waals surface area (Å²) in [6, 6.07) is 6.03. The van der Waals surface area contributed by atoms with Crippen molar-refractivity contribution >= 4 is 55.9 Å².